The van der Waals surface area contributed by atoms with Gasteiger partial charge in [0.05, 0.1) is 37.7 Å². The van der Waals surface area contributed by atoms with E-state index in [4.69, 9.17) is 18.3 Å². The van der Waals surface area contributed by atoms with Gasteiger partial charge in [-0.25, -0.2) is 14.8 Å². The standard InChI is InChI=1S/C26H31NO5.C12H12INO/c1-17-9-11-20(12-10-17)24-27-22(19(3)32-24)14-31-16-26(4,5)15-30-13-21-8-6-7-18(2)23(21)25(28)29;1-8-3-5-10(6-4-8)12-14-11(7-13)9(2)15-12/h6-12H,13-16H2,1-5H3,(H,28,29);3-6H,7H2,1-2H3. The second-order valence-corrected chi connectivity index (χ2v) is 13.2. The Labute approximate surface area is 290 Å². The van der Waals surface area contributed by atoms with Crippen LogP contribution in [0.2, 0.25) is 0 Å². The minimum absolute atomic E-state index is 0.245. The Morgan fingerprint density at radius 3 is 1.72 bits per heavy atom. The number of benzene rings is 3. The van der Waals surface area contributed by atoms with Crippen LogP contribution in [0.3, 0.4) is 0 Å². The maximum atomic E-state index is 11.5. The van der Waals surface area contributed by atoms with E-state index in [0.29, 0.717) is 36.8 Å². The van der Waals surface area contributed by atoms with Crippen molar-refractivity contribution in [3.05, 3.63) is 117 Å². The quantitative estimate of drug-likeness (QED) is 0.0993. The van der Waals surface area contributed by atoms with Gasteiger partial charge in [0.15, 0.2) is 0 Å². The first-order valence-corrected chi connectivity index (χ1v) is 17.0. The fraction of sp³-hybridized carbons (Fsp3) is 0.342. The lowest BCUT2D eigenvalue weighted by Gasteiger charge is -2.24. The first kappa shape index (κ1) is 36.0. The van der Waals surface area contributed by atoms with Crippen molar-refractivity contribution in [3.63, 3.8) is 0 Å². The highest BCUT2D eigenvalue weighted by Crippen LogP contribution is 2.25. The average molecular weight is 751 g/mol. The van der Waals surface area contributed by atoms with Crippen molar-refractivity contribution >= 4 is 28.6 Å². The highest BCUT2D eigenvalue weighted by molar-refractivity contribution is 14.1. The maximum Gasteiger partial charge on any atom is 0.336 e. The summed E-state index contributed by atoms with van der Waals surface area (Å²) in [4.78, 5) is 20.6. The van der Waals surface area contributed by atoms with Crippen molar-refractivity contribution in [1.82, 2.24) is 9.97 Å². The van der Waals surface area contributed by atoms with Crippen LogP contribution in [0.4, 0.5) is 0 Å². The van der Waals surface area contributed by atoms with E-state index < -0.39 is 5.97 Å². The number of aryl methyl sites for hydroxylation is 5. The number of aromatic carboxylic acids is 1. The number of oxazole rings is 2. The Kier molecular flexibility index (Phi) is 12.5. The molecule has 8 nitrogen and oxygen atoms in total. The summed E-state index contributed by atoms with van der Waals surface area (Å²) in [5.41, 5.74) is 7.70. The highest BCUT2D eigenvalue weighted by Gasteiger charge is 2.21. The van der Waals surface area contributed by atoms with Crippen LogP contribution in [-0.4, -0.2) is 34.3 Å². The number of nitrogens with zero attached hydrogens (tertiary/aromatic N) is 2. The van der Waals surface area contributed by atoms with E-state index in [1.54, 1.807) is 19.1 Å². The number of rotatable bonds is 12. The minimum Gasteiger partial charge on any atom is -0.478 e. The molecule has 0 spiro atoms. The second-order valence-electron chi connectivity index (χ2n) is 12.5. The number of carboxylic acid groups (broad SMARTS) is 1. The summed E-state index contributed by atoms with van der Waals surface area (Å²) in [6.07, 6.45) is 0. The van der Waals surface area contributed by atoms with Crippen LogP contribution in [0.15, 0.2) is 75.6 Å². The van der Waals surface area contributed by atoms with Crippen LogP contribution in [0.5, 0.6) is 0 Å². The van der Waals surface area contributed by atoms with Gasteiger partial charge < -0.3 is 23.4 Å². The third-order valence-electron chi connectivity index (χ3n) is 7.56. The van der Waals surface area contributed by atoms with Crippen molar-refractivity contribution < 1.29 is 28.2 Å². The molecule has 0 saturated carbocycles. The van der Waals surface area contributed by atoms with E-state index >= 15 is 0 Å². The van der Waals surface area contributed by atoms with Crippen LogP contribution in [0, 0.1) is 40.0 Å². The molecule has 0 unspecified atom stereocenters. The molecular weight excluding hydrogens is 707 g/mol. The summed E-state index contributed by atoms with van der Waals surface area (Å²) >= 11 is 2.29. The largest absolute Gasteiger partial charge is 0.478 e. The molecule has 0 fully saturated rings. The van der Waals surface area contributed by atoms with Gasteiger partial charge in [0.1, 0.15) is 17.2 Å². The Bertz CT molecular complexity index is 1770. The molecule has 9 heteroatoms. The molecule has 0 atom stereocenters. The molecule has 0 aliphatic rings. The molecule has 2 aromatic heterocycles. The van der Waals surface area contributed by atoms with Gasteiger partial charge in [-0.2, -0.15) is 0 Å². The molecule has 3 aromatic carbocycles. The van der Waals surface area contributed by atoms with Crippen LogP contribution in [0.25, 0.3) is 22.9 Å². The normalized spacial score (nSPS) is 11.3. The van der Waals surface area contributed by atoms with E-state index in [-0.39, 0.29) is 12.0 Å². The zero-order valence-corrected chi connectivity index (χ0v) is 30.3. The fourth-order valence-electron chi connectivity index (χ4n) is 4.81. The minimum atomic E-state index is -0.933. The van der Waals surface area contributed by atoms with E-state index in [1.807, 2.05) is 63.2 Å². The monoisotopic (exact) mass is 750 g/mol. The summed E-state index contributed by atoms with van der Waals surface area (Å²) in [5.74, 6) is 2.04. The third-order valence-corrected chi connectivity index (χ3v) is 8.29. The summed E-state index contributed by atoms with van der Waals surface area (Å²) in [6, 6.07) is 21.7. The van der Waals surface area contributed by atoms with Crippen LogP contribution >= 0.6 is 22.6 Å². The summed E-state index contributed by atoms with van der Waals surface area (Å²) < 4.78 is 24.1. The number of halogens is 1. The second kappa shape index (κ2) is 16.3. The molecule has 0 amide bonds. The Morgan fingerprint density at radius 1 is 0.745 bits per heavy atom. The van der Waals surface area contributed by atoms with E-state index in [2.05, 4.69) is 65.5 Å². The van der Waals surface area contributed by atoms with Crippen LogP contribution in [0.1, 0.15) is 69.4 Å². The number of alkyl halides is 1. The zero-order valence-electron chi connectivity index (χ0n) is 28.1. The summed E-state index contributed by atoms with van der Waals surface area (Å²) in [7, 11) is 0. The molecule has 5 aromatic rings. The van der Waals surface area contributed by atoms with Crippen LogP contribution < -0.4 is 0 Å². The molecule has 0 aliphatic carbocycles. The molecule has 248 valence electrons. The van der Waals surface area contributed by atoms with Crippen molar-refractivity contribution in [1.29, 1.82) is 0 Å². The predicted molar refractivity (Wildman–Crippen MR) is 192 cm³/mol. The van der Waals surface area contributed by atoms with Gasteiger partial charge in [0.25, 0.3) is 0 Å². The van der Waals surface area contributed by atoms with Crippen molar-refractivity contribution in [2.75, 3.05) is 13.2 Å². The van der Waals surface area contributed by atoms with Gasteiger partial charge in [-0.15, -0.1) is 0 Å². The molecule has 47 heavy (non-hydrogen) atoms. The van der Waals surface area contributed by atoms with E-state index in [1.165, 1.54) is 11.1 Å². The Balaban J connectivity index is 0.000000277. The van der Waals surface area contributed by atoms with Gasteiger partial charge in [0.2, 0.25) is 11.8 Å². The Hall–Kier alpha value is -3.80. The summed E-state index contributed by atoms with van der Waals surface area (Å²) in [5, 5.41) is 9.45. The van der Waals surface area contributed by atoms with Crippen molar-refractivity contribution in [2.45, 2.75) is 66.1 Å². The zero-order chi connectivity index (χ0) is 34.1. The topological polar surface area (TPSA) is 108 Å². The molecule has 0 radical (unpaired) electrons. The van der Waals surface area contributed by atoms with Gasteiger partial charge >= 0.3 is 5.97 Å². The van der Waals surface area contributed by atoms with Gasteiger partial charge in [-0.3, -0.25) is 0 Å². The molecular formula is C38H43IN2O6. The first-order valence-electron chi connectivity index (χ1n) is 15.5. The molecule has 1 N–H and O–H groups in total. The number of hydrogen-bond acceptors (Lipinski definition) is 7. The SMILES string of the molecule is Cc1ccc(-c2nc(CI)c(C)o2)cc1.Cc1ccc(-c2nc(COCC(C)(C)COCc3cccc(C)c3C(=O)O)c(C)o2)cc1. The molecule has 0 bridgehead atoms. The lowest BCUT2D eigenvalue weighted by atomic mass is 9.96. The molecule has 5 rings (SSSR count). The average Bonchev–Trinajstić information content (AvgIpc) is 3.59. The van der Waals surface area contributed by atoms with Gasteiger partial charge in [-0.05, 0) is 70.0 Å². The highest BCUT2D eigenvalue weighted by atomic mass is 127. The summed E-state index contributed by atoms with van der Waals surface area (Å²) in [6.45, 7) is 15.4. The number of ether oxygens (including phenoxy) is 2. The van der Waals surface area contributed by atoms with E-state index in [0.717, 1.165) is 49.9 Å². The van der Waals surface area contributed by atoms with Crippen LogP contribution in [-0.2, 0) is 27.1 Å². The Morgan fingerprint density at radius 2 is 1.23 bits per heavy atom. The van der Waals surface area contributed by atoms with Crippen molar-refractivity contribution in [2.24, 2.45) is 5.41 Å². The molecule has 2 heterocycles. The van der Waals surface area contributed by atoms with Gasteiger partial charge in [0, 0.05) is 21.0 Å². The maximum absolute atomic E-state index is 11.5. The number of carboxylic acids is 1. The number of hydrogen-bond donors (Lipinski definition) is 1. The molecule has 0 saturated heterocycles. The number of aromatic nitrogens is 2. The predicted octanol–water partition coefficient (Wildman–Crippen LogP) is 9.62. The van der Waals surface area contributed by atoms with Crippen molar-refractivity contribution in [3.8, 4) is 22.9 Å². The first-order chi connectivity index (χ1) is 22.4. The number of carbonyl (C=O) groups is 1. The lowest BCUT2D eigenvalue weighted by molar-refractivity contribution is -0.0153. The molecule has 0 aliphatic heterocycles. The van der Waals surface area contributed by atoms with Gasteiger partial charge in [-0.1, -0.05) is 90.0 Å². The fourth-order valence-corrected chi connectivity index (χ4v) is 5.52. The lowest BCUT2D eigenvalue weighted by Crippen LogP contribution is -2.25. The van der Waals surface area contributed by atoms with E-state index in [9.17, 15) is 9.90 Å². The smallest absolute Gasteiger partial charge is 0.336 e. The third kappa shape index (κ3) is 10.1.